The Morgan fingerprint density at radius 3 is 2.70 bits per heavy atom. The maximum absolute atomic E-state index is 8.64. The van der Waals surface area contributed by atoms with E-state index in [1.165, 1.54) is 0 Å². The second-order valence-electron chi connectivity index (χ2n) is 4.29. The molecule has 5 nitrogen and oxygen atoms in total. The summed E-state index contributed by atoms with van der Waals surface area (Å²) in [4.78, 5) is 8.49. The van der Waals surface area contributed by atoms with Gasteiger partial charge in [-0.1, -0.05) is 12.1 Å². The van der Waals surface area contributed by atoms with Crippen LogP contribution in [0.25, 0.3) is 0 Å². The number of aromatic nitrogens is 2. The molecule has 0 spiro atoms. The highest BCUT2D eigenvalue weighted by Gasteiger charge is 2.06. The van der Waals surface area contributed by atoms with E-state index in [0.29, 0.717) is 24.0 Å². The van der Waals surface area contributed by atoms with Gasteiger partial charge in [-0.2, -0.15) is 10.2 Å². The van der Waals surface area contributed by atoms with Crippen molar-refractivity contribution in [2.45, 2.75) is 20.3 Å². The van der Waals surface area contributed by atoms with Gasteiger partial charge in [0.1, 0.15) is 5.75 Å². The Hall–Kier alpha value is -2.61. The molecule has 0 aliphatic rings. The number of benzene rings is 1. The Morgan fingerprint density at radius 1 is 1.30 bits per heavy atom. The van der Waals surface area contributed by atoms with Gasteiger partial charge in [0.05, 0.1) is 12.5 Å². The third kappa shape index (κ3) is 3.45. The summed E-state index contributed by atoms with van der Waals surface area (Å²) in [5.41, 5.74) is 1.83. The normalized spacial score (nSPS) is 9.85. The molecule has 0 aliphatic heterocycles. The maximum atomic E-state index is 8.64. The highest BCUT2D eigenvalue weighted by atomic mass is 16.5. The molecule has 5 heteroatoms. The molecule has 0 aliphatic carbocycles. The number of nitriles is 1. The van der Waals surface area contributed by atoms with E-state index in [-0.39, 0.29) is 0 Å². The van der Waals surface area contributed by atoms with Crippen molar-refractivity contribution in [1.29, 1.82) is 5.26 Å². The lowest BCUT2D eigenvalue weighted by atomic mass is 10.2. The topological polar surface area (TPSA) is 70.8 Å². The molecular weight excluding hydrogens is 252 g/mol. The van der Waals surface area contributed by atoms with Crippen molar-refractivity contribution in [3.05, 3.63) is 41.6 Å². The SMILES string of the molecule is CCNc1ncc(C)c(Oc2ccc(CC#N)cc2)n1. The minimum absolute atomic E-state index is 0.400. The van der Waals surface area contributed by atoms with Crippen LogP contribution in [0.4, 0.5) is 5.95 Å². The lowest BCUT2D eigenvalue weighted by Gasteiger charge is -2.09. The summed E-state index contributed by atoms with van der Waals surface area (Å²) in [6.07, 6.45) is 2.13. The monoisotopic (exact) mass is 268 g/mol. The fourth-order valence-electron chi connectivity index (χ4n) is 1.65. The molecule has 20 heavy (non-hydrogen) atoms. The Kier molecular flexibility index (Phi) is 4.51. The highest BCUT2D eigenvalue weighted by molar-refractivity contribution is 5.37. The number of aryl methyl sites for hydroxylation is 1. The molecule has 1 N–H and O–H groups in total. The summed E-state index contributed by atoms with van der Waals surface area (Å²) in [5.74, 6) is 1.77. The van der Waals surface area contributed by atoms with E-state index < -0.39 is 0 Å². The van der Waals surface area contributed by atoms with Gasteiger partial charge in [-0.15, -0.1) is 0 Å². The third-order valence-corrected chi connectivity index (χ3v) is 2.68. The van der Waals surface area contributed by atoms with Crippen LogP contribution in [0, 0.1) is 18.3 Å². The number of anilines is 1. The molecule has 1 heterocycles. The van der Waals surface area contributed by atoms with Crippen LogP contribution in [-0.2, 0) is 6.42 Å². The van der Waals surface area contributed by atoms with Crippen molar-refractivity contribution < 1.29 is 4.74 Å². The van der Waals surface area contributed by atoms with Crippen LogP contribution in [0.5, 0.6) is 11.6 Å². The van der Waals surface area contributed by atoms with Crippen molar-refractivity contribution in [2.75, 3.05) is 11.9 Å². The van der Waals surface area contributed by atoms with Crippen LogP contribution in [-0.4, -0.2) is 16.5 Å². The molecule has 102 valence electrons. The van der Waals surface area contributed by atoms with Gasteiger partial charge >= 0.3 is 0 Å². The number of ether oxygens (including phenoxy) is 1. The van der Waals surface area contributed by atoms with Crippen LogP contribution in [0.1, 0.15) is 18.1 Å². The number of hydrogen-bond acceptors (Lipinski definition) is 5. The molecule has 0 amide bonds. The fourth-order valence-corrected chi connectivity index (χ4v) is 1.65. The van der Waals surface area contributed by atoms with Crippen molar-refractivity contribution in [2.24, 2.45) is 0 Å². The second kappa shape index (κ2) is 6.53. The molecule has 2 aromatic rings. The molecule has 0 radical (unpaired) electrons. The van der Waals surface area contributed by atoms with Crippen LogP contribution in [0.2, 0.25) is 0 Å². The van der Waals surface area contributed by atoms with E-state index in [1.54, 1.807) is 6.20 Å². The Labute approximate surface area is 118 Å². The summed E-state index contributed by atoms with van der Waals surface area (Å²) in [6.45, 7) is 4.64. The van der Waals surface area contributed by atoms with Crippen molar-refractivity contribution >= 4 is 5.95 Å². The third-order valence-electron chi connectivity index (χ3n) is 2.68. The van der Waals surface area contributed by atoms with Crippen molar-refractivity contribution in [3.8, 4) is 17.7 Å². The number of hydrogen-bond donors (Lipinski definition) is 1. The van der Waals surface area contributed by atoms with E-state index in [2.05, 4.69) is 21.4 Å². The summed E-state index contributed by atoms with van der Waals surface area (Å²) in [7, 11) is 0. The second-order valence-corrected chi connectivity index (χ2v) is 4.29. The van der Waals surface area contributed by atoms with E-state index in [1.807, 2.05) is 38.1 Å². The van der Waals surface area contributed by atoms with Crippen molar-refractivity contribution in [3.63, 3.8) is 0 Å². The first-order valence-electron chi connectivity index (χ1n) is 6.44. The van der Waals surface area contributed by atoms with Gasteiger partial charge in [-0.3, -0.25) is 0 Å². The highest BCUT2D eigenvalue weighted by Crippen LogP contribution is 2.23. The van der Waals surface area contributed by atoms with Gasteiger partial charge in [0.15, 0.2) is 0 Å². The molecule has 0 saturated carbocycles. The Morgan fingerprint density at radius 2 is 2.05 bits per heavy atom. The molecule has 2 rings (SSSR count). The average molecular weight is 268 g/mol. The first kappa shape index (κ1) is 13.8. The Balaban J connectivity index is 2.16. The van der Waals surface area contributed by atoms with E-state index in [9.17, 15) is 0 Å². The standard InChI is InChI=1S/C15H16N4O/c1-3-17-15-18-10-11(2)14(19-15)20-13-6-4-12(5-7-13)8-9-16/h4-7,10H,3,8H2,1-2H3,(H,17,18,19). The zero-order valence-corrected chi connectivity index (χ0v) is 11.6. The number of nitrogens with one attached hydrogen (secondary N) is 1. The van der Waals surface area contributed by atoms with Crippen LogP contribution in [0.3, 0.4) is 0 Å². The summed E-state index contributed by atoms with van der Waals surface area (Å²) in [6, 6.07) is 9.53. The molecule has 0 atom stereocenters. The first-order chi connectivity index (χ1) is 9.72. The zero-order valence-electron chi connectivity index (χ0n) is 11.6. The molecule has 0 unspecified atom stereocenters. The van der Waals surface area contributed by atoms with E-state index in [4.69, 9.17) is 10.00 Å². The molecule has 1 aromatic heterocycles. The van der Waals surface area contributed by atoms with Crippen LogP contribution >= 0.6 is 0 Å². The van der Waals surface area contributed by atoms with Gasteiger partial charge in [-0.25, -0.2) is 4.98 Å². The zero-order chi connectivity index (χ0) is 14.4. The van der Waals surface area contributed by atoms with E-state index >= 15 is 0 Å². The first-order valence-corrected chi connectivity index (χ1v) is 6.44. The summed E-state index contributed by atoms with van der Waals surface area (Å²) < 4.78 is 5.76. The summed E-state index contributed by atoms with van der Waals surface area (Å²) >= 11 is 0. The molecule has 1 aromatic carbocycles. The molecule has 0 bridgehead atoms. The number of rotatable bonds is 5. The molecule has 0 saturated heterocycles. The molecule has 0 fully saturated rings. The summed E-state index contributed by atoms with van der Waals surface area (Å²) in [5, 5.41) is 11.7. The van der Waals surface area contributed by atoms with Crippen LogP contribution < -0.4 is 10.1 Å². The predicted molar refractivity (Wildman–Crippen MR) is 76.8 cm³/mol. The Bertz CT molecular complexity index is 617. The number of nitrogens with zero attached hydrogens (tertiary/aromatic N) is 3. The van der Waals surface area contributed by atoms with Gasteiger partial charge in [-0.05, 0) is 31.5 Å². The van der Waals surface area contributed by atoms with Crippen molar-refractivity contribution in [1.82, 2.24) is 9.97 Å². The van der Waals surface area contributed by atoms with Crippen LogP contribution in [0.15, 0.2) is 30.5 Å². The average Bonchev–Trinajstić information content (AvgIpc) is 2.45. The fraction of sp³-hybridized carbons (Fsp3) is 0.267. The maximum Gasteiger partial charge on any atom is 0.226 e. The predicted octanol–water partition coefficient (Wildman–Crippen LogP) is 3.08. The van der Waals surface area contributed by atoms with Gasteiger partial charge < -0.3 is 10.1 Å². The molecular formula is C15H16N4O. The minimum atomic E-state index is 0.400. The lowest BCUT2D eigenvalue weighted by Crippen LogP contribution is -2.03. The van der Waals surface area contributed by atoms with Gasteiger partial charge in [0.2, 0.25) is 11.8 Å². The largest absolute Gasteiger partial charge is 0.439 e. The van der Waals surface area contributed by atoms with Gasteiger partial charge in [0, 0.05) is 18.3 Å². The smallest absolute Gasteiger partial charge is 0.226 e. The quantitative estimate of drug-likeness (QED) is 0.902. The van der Waals surface area contributed by atoms with E-state index in [0.717, 1.165) is 17.7 Å². The van der Waals surface area contributed by atoms with Gasteiger partial charge in [0.25, 0.3) is 0 Å². The lowest BCUT2D eigenvalue weighted by molar-refractivity contribution is 0.458. The minimum Gasteiger partial charge on any atom is -0.439 e.